The maximum Gasteiger partial charge on any atom is 0.127 e. The molecule has 3 unspecified atom stereocenters. The van der Waals surface area contributed by atoms with Crippen molar-refractivity contribution in [3.05, 3.63) is 168 Å². The summed E-state index contributed by atoms with van der Waals surface area (Å²) >= 11 is 0. The van der Waals surface area contributed by atoms with Crippen molar-refractivity contribution in [2.45, 2.75) is 71.9 Å². The monoisotopic (exact) mass is 846 g/mol. The molecular formula is C54H62N4O5. The molecule has 0 bridgehead atoms. The summed E-state index contributed by atoms with van der Waals surface area (Å²) < 4.78 is 29.4. The summed E-state index contributed by atoms with van der Waals surface area (Å²) in [6, 6.07) is 51.3. The molecule has 0 radical (unpaired) electrons. The van der Waals surface area contributed by atoms with Gasteiger partial charge in [-0.1, -0.05) is 80.9 Å². The van der Waals surface area contributed by atoms with Gasteiger partial charge in [0.1, 0.15) is 48.4 Å². The van der Waals surface area contributed by atoms with E-state index in [2.05, 4.69) is 139 Å². The molecule has 9 heteroatoms. The quantitative estimate of drug-likeness (QED) is 0.0457. The second-order valence-corrected chi connectivity index (χ2v) is 17.1. The van der Waals surface area contributed by atoms with Crippen molar-refractivity contribution in [3.8, 4) is 23.0 Å². The highest BCUT2D eigenvalue weighted by molar-refractivity contribution is 5.55. The fourth-order valence-electron chi connectivity index (χ4n) is 7.46. The largest absolute Gasteiger partial charge is 0.490 e. The van der Waals surface area contributed by atoms with E-state index in [0.29, 0.717) is 38.4 Å². The SMILES string of the molecule is CCC(C)CN(Cc1ccccc1OCC1CO1)c1ccc(Cc2ccc(N(CNc3ccc(Oc4ccc(NC(C)C)cc4)cc3)Cc3ccccc3OCC3CO3)cc2)cc1. The maximum absolute atomic E-state index is 6.23. The van der Waals surface area contributed by atoms with Gasteiger partial charge in [-0.25, -0.2) is 0 Å². The number of para-hydroxylation sites is 2. The summed E-state index contributed by atoms with van der Waals surface area (Å²) in [5, 5.41) is 7.08. The van der Waals surface area contributed by atoms with Crippen molar-refractivity contribution in [3.63, 3.8) is 0 Å². The van der Waals surface area contributed by atoms with Gasteiger partial charge in [-0.15, -0.1) is 0 Å². The van der Waals surface area contributed by atoms with E-state index in [9.17, 15) is 0 Å². The van der Waals surface area contributed by atoms with Crippen LogP contribution in [0.3, 0.4) is 0 Å². The van der Waals surface area contributed by atoms with Gasteiger partial charge in [-0.05, 0) is 122 Å². The Hall–Kier alpha value is -6.16. The van der Waals surface area contributed by atoms with Gasteiger partial charge >= 0.3 is 0 Å². The van der Waals surface area contributed by atoms with Gasteiger partial charge in [0, 0.05) is 59.6 Å². The second kappa shape index (κ2) is 21.3. The third kappa shape index (κ3) is 13.2. The number of anilines is 4. The van der Waals surface area contributed by atoms with Crippen LogP contribution in [0.15, 0.2) is 146 Å². The minimum atomic E-state index is 0.187. The van der Waals surface area contributed by atoms with Crippen LogP contribution in [-0.2, 0) is 29.0 Å². The third-order valence-corrected chi connectivity index (χ3v) is 11.4. The Balaban J connectivity index is 0.934. The number of nitrogens with zero attached hydrogens (tertiary/aromatic N) is 2. The molecule has 2 heterocycles. The number of hydrogen-bond donors (Lipinski definition) is 2. The zero-order chi connectivity index (χ0) is 43.4. The summed E-state index contributed by atoms with van der Waals surface area (Å²) in [4.78, 5) is 4.84. The smallest absolute Gasteiger partial charge is 0.127 e. The predicted molar refractivity (Wildman–Crippen MR) is 256 cm³/mol. The molecule has 2 aliphatic heterocycles. The lowest BCUT2D eigenvalue weighted by Gasteiger charge is -2.29. The second-order valence-electron chi connectivity index (χ2n) is 17.1. The topological polar surface area (TPSA) is 83.3 Å². The molecule has 9 nitrogen and oxygen atoms in total. The minimum absolute atomic E-state index is 0.187. The van der Waals surface area contributed by atoms with Crippen molar-refractivity contribution < 1.29 is 23.7 Å². The highest BCUT2D eigenvalue weighted by Gasteiger charge is 2.25. The van der Waals surface area contributed by atoms with E-state index in [4.69, 9.17) is 23.7 Å². The molecule has 6 aromatic carbocycles. The number of benzene rings is 6. The van der Waals surface area contributed by atoms with Gasteiger partial charge in [0.15, 0.2) is 0 Å². The van der Waals surface area contributed by atoms with Crippen LogP contribution in [0.5, 0.6) is 23.0 Å². The first kappa shape index (κ1) is 43.5. The molecule has 2 saturated heterocycles. The number of rotatable bonds is 24. The molecule has 2 aliphatic rings. The lowest BCUT2D eigenvalue weighted by molar-refractivity contribution is 0.261. The molecule has 8 rings (SSSR count). The molecule has 2 fully saturated rings. The van der Waals surface area contributed by atoms with E-state index in [1.165, 1.54) is 22.4 Å². The molecular weight excluding hydrogens is 785 g/mol. The van der Waals surface area contributed by atoms with E-state index in [0.717, 1.165) is 84.8 Å². The lowest BCUT2D eigenvalue weighted by Crippen LogP contribution is -2.29. The normalized spacial score (nSPS) is 15.6. The zero-order valence-corrected chi connectivity index (χ0v) is 37.2. The van der Waals surface area contributed by atoms with E-state index >= 15 is 0 Å². The van der Waals surface area contributed by atoms with E-state index < -0.39 is 0 Å². The van der Waals surface area contributed by atoms with Crippen molar-refractivity contribution in [2.75, 3.05) is 60.1 Å². The van der Waals surface area contributed by atoms with Gasteiger partial charge < -0.3 is 44.1 Å². The lowest BCUT2D eigenvalue weighted by atomic mass is 10.0. The first-order valence-corrected chi connectivity index (χ1v) is 22.5. The van der Waals surface area contributed by atoms with Gasteiger partial charge in [0.25, 0.3) is 0 Å². The molecule has 63 heavy (non-hydrogen) atoms. The van der Waals surface area contributed by atoms with E-state index in [1.54, 1.807) is 0 Å². The van der Waals surface area contributed by atoms with Crippen molar-refractivity contribution in [1.29, 1.82) is 0 Å². The van der Waals surface area contributed by atoms with Crippen molar-refractivity contribution in [2.24, 2.45) is 5.92 Å². The molecule has 0 amide bonds. The van der Waals surface area contributed by atoms with Gasteiger partial charge in [0.05, 0.1) is 19.9 Å². The highest BCUT2D eigenvalue weighted by Crippen LogP contribution is 2.30. The first-order chi connectivity index (χ1) is 30.8. The average Bonchev–Trinajstić information content (AvgIpc) is 4.26. The molecule has 3 atom stereocenters. The van der Waals surface area contributed by atoms with Crippen LogP contribution < -0.4 is 34.6 Å². The number of ether oxygens (including phenoxy) is 5. The zero-order valence-electron chi connectivity index (χ0n) is 37.2. The highest BCUT2D eigenvalue weighted by atomic mass is 16.6. The molecule has 2 N–H and O–H groups in total. The summed E-state index contributed by atoms with van der Waals surface area (Å²) in [5.41, 5.74) is 9.27. The average molecular weight is 847 g/mol. The van der Waals surface area contributed by atoms with Crippen LogP contribution in [0.1, 0.15) is 56.4 Å². The third-order valence-electron chi connectivity index (χ3n) is 11.4. The van der Waals surface area contributed by atoms with Gasteiger partial charge in [-0.3, -0.25) is 0 Å². The van der Waals surface area contributed by atoms with Crippen molar-refractivity contribution in [1.82, 2.24) is 0 Å². The molecule has 0 saturated carbocycles. The molecule has 0 aliphatic carbocycles. The van der Waals surface area contributed by atoms with E-state index in [-0.39, 0.29) is 12.2 Å². The molecule has 0 spiro atoms. The van der Waals surface area contributed by atoms with Crippen LogP contribution >= 0.6 is 0 Å². The Kier molecular flexibility index (Phi) is 14.7. The fraction of sp³-hybridized carbons (Fsp3) is 0.333. The number of epoxide rings is 2. The van der Waals surface area contributed by atoms with Crippen LogP contribution in [0.4, 0.5) is 22.7 Å². The van der Waals surface area contributed by atoms with Crippen LogP contribution in [0.25, 0.3) is 0 Å². The standard InChI is InChI=1S/C54H62N4O5/c1-5-40(4)31-57(32-43-10-6-8-12-53(43)61-36-51-34-59-51)47-22-14-41(15-23-47)30-42-16-24-48(25-17-42)58(33-44-11-7-9-13-54(44)62-37-52-35-60-52)38-55-45-18-26-49(27-19-45)63-50-28-20-46(21-29-50)56-39(2)3/h6-29,39-40,51-52,55-56H,5,30-38H2,1-4H3. The fourth-order valence-corrected chi connectivity index (χ4v) is 7.46. The summed E-state index contributed by atoms with van der Waals surface area (Å²) in [6.07, 6.45) is 2.38. The number of hydrogen-bond acceptors (Lipinski definition) is 9. The molecule has 6 aromatic rings. The summed E-state index contributed by atoms with van der Waals surface area (Å²) in [6.45, 7) is 14.6. The minimum Gasteiger partial charge on any atom is -0.490 e. The van der Waals surface area contributed by atoms with Gasteiger partial charge in [0.2, 0.25) is 0 Å². The van der Waals surface area contributed by atoms with Crippen LogP contribution in [0.2, 0.25) is 0 Å². The molecule has 328 valence electrons. The van der Waals surface area contributed by atoms with Crippen LogP contribution in [-0.4, -0.2) is 57.9 Å². The summed E-state index contributed by atoms with van der Waals surface area (Å²) in [5.74, 6) is 3.97. The molecule has 0 aromatic heterocycles. The summed E-state index contributed by atoms with van der Waals surface area (Å²) in [7, 11) is 0. The van der Waals surface area contributed by atoms with E-state index in [1.807, 2.05) is 54.6 Å². The maximum atomic E-state index is 6.23. The van der Waals surface area contributed by atoms with Crippen LogP contribution in [0, 0.1) is 5.92 Å². The predicted octanol–water partition coefficient (Wildman–Crippen LogP) is 11.6. The first-order valence-electron chi connectivity index (χ1n) is 22.5. The number of nitrogens with one attached hydrogen (secondary N) is 2. The Bertz CT molecular complexity index is 2310. The Labute approximate surface area is 373 Å². The van der Waals surface area contributed by atoms with Gasteiger partial charge in [-0.2, -0.15) is 0 Å². The van der Waals surface area contributed by atoms with Crippen molar-refractivity contribution >= 4 is 22.7 Å². The Morgan fingerprint density at radius 3 is 1.56 bits per heavy atom. The Morgan fingerprint density at radius 2 is 1.06 bits per heavy atom. The Morgan fingerprint density at radius 1 is 0.587 bits per heavy atom.